The van der Waals surface area contributed by atoms with Crippen LogP contribution in [0.1, 0.15) is 36.8 Å². The van der Waals surface area contributed by atoms with Crippen LogP contribution >= 0.6 is 24.0 Å². The lowest BCUT2D eigenvalue weighted by atomic mass is 9.84. The van der Waals surface area contributed by atoms with Gasteiger partial charge in [0.1, 0.15) is 0 Å². The second-order valence-corrected chi connectivity index (χ2v) is 6.90. The highest BCUT2D eigenvalue weighted by atomic mass is 127. The molecule has 25 heavy (non-hydrogen) atoms. The molecule has 0 aromatic heterocycles. The Hall–Kier alpha value is -0.860. The number of aliphatic hydroxyl groups is 1. The molecule has 2 rings (SSSR count). The predicted molar refractivity (Wildman–Crippen MR) is 114 cm³/mol. The van der Waals surface area contributed by atoms with Crippen molar-refractivity contribution >= 4 is 29.9 Å². The lowest BCUT2D eigenvalue weighted by molar-refractivity contribution is 0.127. The third-order valence-electron chi connectivity index (χ3n) is 4.87. The fourth-order valence-corrected chi connectivity index (χ4v) is 3.15. The Morgan fingerprint density at radius 1 is 1.40 bits per heavy atom. The number of aryl methyl sites for hydroxylation is 1. The lowest BCUT2D eigenvalue weighted by Gasteiger charge is -2.28. The van der Waals surface area contributed by atoms with Crippen LogP contribution in [0.2, 0.25) is 0 Å². The van der Waals surface area contributed by atoms with Gasteiger partial charge in [0.25, 0.3) is 0 Å². The topological polar surface area (TPSA) is 65.9 Å². The van der Waals surface area contributed by atoms with Crippen LogP contribution in [0.4, 0.5) is 0 Å². The van der Waals surface area contributed by atoms with Gasteiger partial charge >= 0.3 is 0 Å². The van der Waals surface area contributed by atoms with E-state index in [0.717, 1.165) is 38.5 Å². The second kappa shape index (κ2) is 11.0. The van der Waals surface area contributed by atoms with Crippen LogP contribution in [0.5, 0.6) is 0 Å². The van der Waals surface area contributed by atoms with Crippen molar-refractivity contribution in [2.75, 3.05) is 40.0 Å². The van der Waals surface area contributed by atoms with E-state index in [-0.39, 0.29) is 36.0 Å². The molecule has 0 aliphatic carbocycles. The first-order chi connectivity index (χ1) is 11.6. The maximum atomic E-state index is 9.31. The second-order valence-electron chi connectivity index (χ2n) is 6.90. The number of hydrogen-bond acceptors (Lipinski definition) is 3. The summed E-state index contributed by atoms with van der Waals surface area (Å²) in [5, 5.41) is 16.1. The largest absolute Gasteiger partial charge is 0.396 e. The molecule has 0 amide bonds. The molecule has 0 bridgehead atoms. The van der Waals surface area contributed by atoms with E-state index in [0.29, 0.717) is 12.5 Å². The minimum absolute atomic E-state index is 0. The van der Waals surface area contributed by atoms with Crippen molar-refractivity contribution in [2.24, 2.45) is 10.4 Å². The molecule has 1 saturated heterocycles. The summed E-state index contributed by atoms with van der Waals surface area (Å²) >= 11 is 0. The van der Waals surface area contributed by atoms with Crippen LogP contribution in [-0.2, 0) is 4.74 Å². The number of hydrogen-bond donors (Lipinski definition) is 3. The van der Waals surface area contributed by atoms with Gasteiger partial charge in [-0.25, -0.2) is 0 Å². The fraction of sp³-hybridized carbons (Fsp3) is 0.632. The van der Waals surface area contributed by atoms with Crippen LogP contribution in [0.3, 0.4) is 0 Å². The highest BCUT2D eigenvalue weighted by Crippen LogP contribution is 2.31. The van der Waals surface area contributed by atoms with Gasteiger partial charge in [0.2, 0.25) is 0 Å². The molecule has 1 fully saturated rings. The van der Waals surface area contributed by atoms with E-state index in [1.54, 1.807) is 7.05 Å². The minimum atomic E-state index is 0. The van der Waals surface area contributed by atoms with Crippen molar-refractivity contribution in [1.29, 1.82) is 0 Å². The summed E-state index contributed by atoms with van der Waals surface area (Å²) in [6, 6.07) is 8.62. The molecule has 6 heteroatoms. The van der Waals surface area contributed by atoms with Gasteiger partial charge in [0.05, 0.1) is 6.61 Å². The zero-order valence-electron chi connectivity index (χ0n) is 15.5. The Morgan fingerprint density at radius 2 is 2.20 bits per heavy atom. The van der Waals surface area contributed by atoms with Crippen molar-refractivity contribution in [3.05, 3.63) is 35.4 Å². The summed E-state index contributed by atoms with van der Waals surface area (Å²) in [4.78, 5) is 4.31. The van der Waals surface area contributed by atoms with Gasteiger partial charge < -0.3 is 20.5 Å². The van der Waals surface area contributed by atoms with E-state index < -0.39 is 0 Å². The number of ether oxygens (including phenoxy) is 1. The molecule has 2 unspecified atom stereocenters. The Balaban J connectivity index is 0.00000312. The Labute approximate surface area is 168 Å². The Morgan fingerprint density at radius 3 is 2.80 bits per heavy atom. The number of nitrogens with one attached hydrogen (secondary N) is 2. The third-order valence-corrected chi connectivity index (χ3v) is 4.87. The number of aliphatic imine (C=N–C) groups is 1. The molecule has 0 saturated carbocycles. The number of rotatable bonds is 7. The summed E-state index contributed by atoms with van der Waals surface area (Å²) in [5.74, 6) is 1.21. The van der Waals surface area contributed by atoms with Crippen molar-refractivity contribution in [2.45, 2.75) is 32.6 Å². The smallest absolute Gasteiger partial charge is 0.191 e. The molecule has 0 radical (unpaired) electrons. The molecular formula is C19H32IN3O2. The molecule has 1 aliphatic rings. The molecule has 1 heterocycles. The van der Waals surface area contributed by atoms with Gasteiger partial charge in [-0.05, 0) is 31.2 Å². The summed E-state index contributed by atoms with van der Waals surface area (Å²) in [7, 11) is 1.79. The fourth-order valence-electron chi connectivity index (χ4n) is 3.15. The van der Waals surface area contributed by atoms with Crippen molar-refractivity contribution < 1.29 is 9.84 Å². The summed E-state index contributed by atoms with van der Waals surface area (Å²) in [6.07, 6.45) is 1.74. The van der Waals surface area contributed by atoms with E-state index in [2.05, 4.69) is 53.7 Å². The molecule has 1 aliphatic heterocycles. The lowest BCUT2D eigenvalue weighted by Crippen LogP contribution is -2.45. The predicted octanol–water partition coefficient (Wildman–Crippen LogP) is 2.67. The van der Waals surface area contributed by atoms with Crippen molar-refractivity contribution in [3.63, 3.8) is 0 Å². The molecule has 2 atom stereocenters. The number of nitrogens with zero attached hydrogens (tertiary/aromatic N) is 1. The Kier molecular flexibility index (Phi) is 9.74. The standard InChI is InChI=1S/C19H31N3O2.HI/c1-15-5-4-6-17(11-15)16(2)12-21-18(20-3)22-13-19(7-9-23)8-10-24-14-19;/h4-6,11,16,23H,7-10,12-14H2,1-3H3,(H2,20,21,22);1H. The van der Waals surface area contributed by atoms with Crippen molar-refractivity contribution in [3.8, 4) is 0 Å². The first-order valence-corrected chi connectivity index (χ1v) is 8.78. The molecule has 0 spiro atoms. The number of benzene rings is 1. The summed E-state index contributed by atoms with van der Waals surface area (Å²) in [6.45, 7) is 7.61. The normalized spacial score (nSPS) is 21.5. The molecular weight excluding hydrogens is 429 g/mol. The van der Waals surface area contributed by atoms with Gasteiger partial charge in [0, 0.05) is 38.8 Å². The molecule has 1 aromatic carbocycles. The van der Waals surface area contributed by atoms with E-state index in [9.17, 15) is 5.11 Å². The van der Waals surface area contributed by atoms with Gasteiger partial charge in [-0.15, -0.1) is 24.0 Å². The van der Waals surface area contributed by atoms with Crippen LogP contribution < -0.4 is 10.6 Å². The third kappa shape index (κ3) is 6.75. The highest BCUT2D eigenvalue weighted by Gasteiger charge is 2.34. The molecule has 5 nitrogen and oxygen atoms in total. The maximum Gasteiger partial charge on any atom is 0.191 e. The zero-order chi connectivity index (χ0) is 17.4. The first kappa shape index (κ1) is 22.2. The van der Waals surface area contributed by atoms with E-state index in [1.165, 1.54) is 11.1 Å². The monoisotopic (exact) mass is 461 g/mol. The van der Waals surface area contributed by atoms with E-state index in [1.807, 2.05) is 0 Å². The average Bonchev–Trinajstić information content (AvgIpc) is 3.04. The molecule has 142 valence electrons. The van der Waals surface area contributed by atoms with Crippen molar-refractivity contribution in [1.82, 2.24) is 10.6 Å². The average molecular weight is 461 g/mol. The van der Waals surface area contributed by atoms with E-state index in [4.69, 9.17) is 4.74 Å². The Bertz CT molecular complexity index is 545. The van der Waals surface area contributed by atoms with Crippen LogP contribution in [0.15, 0.2) is 29.3 Å². The first-order valence-electron chi connectivity index (χ1n) is 8.78. The van der Waals surface area contributed by atoms with Crippen LogP contribution in [0.25, 0.3) is 0 Å². The molecule has 1 aromatic rings. The number of aliphatic hydroxyl groups excluding tert-OH is 1. The van der Waals surface area contributed by atoms with E-state index >= 15 is 0 Å². The van der Waals surface area contributed by atoms with Crippen LogP contribution in [0, 0.1) is 12.3 Å². The van der Waals surface area contributed by atoms with Gasteiger partial charge in [-0.2, -0.15) is 0 Å². The van der Waals surface area contributed by atoms with Gasteiger partial charge in [-0.3, -0.25) is 4.99 Å². The SMILES string of the molecule is CN=C(NCC(C)c1cccc(C)c1)NCC1(CCO)CCOC1.I. The van der Waals surface area contributed by atoms with Crippen LogP contribution in [-0.4, -0.2) is 51.0 Å². The van der Waals surface area contributed by atoms with Gasteiger partial charge in [-0.1, -0.05) is 36.8 Å². The van der Waals surface area contributed by atoms with Gasteiger partial charge in [0.15, 0.2) is 5.96 Å². The maximum absolute atomic E-state index is 9.31. The zero-order valence-corrected chi connectivity index (χ0v) is 17.9. The summed E-state index contributed by atoms with van der Waals surface area (Å²) in [5.41, 5.74) is 2.64. The highest BCUT2D eigenvalue weighted by molar-refractivity contribution is 14.0. The quantitative estimate of drug-likeness (QED) is 0.332. The number of guanidine groups is 1. The summed E-state index contributed by atoms with van der Waals surface area (Å²) < 4.78 is 5.53. The molecule has 3 N–H and O–H groups in total. The minimum Gasteiger partial charge on any atom is -0.396 e. The number of halogens is 1.